The molecule has 0 saturated carbocycles. The molecule has 0 aliphatic rings. The van der Waals surface area contributed by atoms with Crippen LogP contribution in [0.15, 0.2) is 30.6 Å². The van der Waals surface area contributed by atoms with E-state index in [1.54, 1.807) is 12.4 Å². The minimum Gasteiger partial charge on any atom is -0.320 e. The molecule has 1 N–H and O–H groups in total. The monoisotopic (exact) mass is 406 g/mol. The Balaban J connectivity index is 0. The number of rotatable bonds is 11. The third-order valence-electron chi connectivity index (χ3n) is 3.35. The van der Waals surface area contributed by atoms with Crippen LogP contribution in [-0.2, 0) is 0 Å². The van der Waals surface area contributed by atoms with Crippen LogP contribution in [0, 0.1) is 0 Å². The van der Waals surface area contributed by atoms with Crippen LogP contribution in [0.2, 0.25) is 0 Å². The molecule has 0 bridgehead atoms. The Kier molecular flexibility index (Phi) is 24.4. The third-order valence-corrected chi connectivity index (χ3v) is 3.35. The summed E-state index contributed by atoms with van der Waals surface area (Å²) in [5.74, 6) is 0. The Bertz CT molecular complexity index is 216. The molecule has 0 amide bonds. The van der Waals surface area contributed by atoms with Crippen molar-refractivity contribution < 1.29 is 0 Å². The van der Waals surface area contributed by atoms with E-state index < -0.39 is 0 Å². The lowest BCUT2D eigenvalue weighted by molar-refractivity contribution is 0.551. The summed E-state index contributed by atoms with van der Waals surface area (Å²) in [4.78, 5) is 3.78. The molecule has 124 valence electrons. The second kappa shape index (κ2) is 22.1. The third kappa shape index (κ3) is 22.3. The fourth-order valence-corrected chi connectivity index (χ4v) is 2.10. The maximum atomic E-state index is 3.78. The standard InChI is InChI=1S/C13H29N.C5H5N.HI/c1-3-4-5-6-7-8-9-10-11-12-13-14-2;1-2-4-6-5-3-1;/h14H,3-13H2,1-2H3;1-5H;1H. The lowest BCUT2D eigenvalue weighted by Crippen LogP contribution is -2.06. The first-order valence-electron chi connectivity index (χ1n) is 8.41. The number of unbranched alkanes of at least 4 members (excludes halogenated alkanes) is 9. The highest BCUT2D eigenvalue weighted by atomic mass is 127. The van der Waals surface area contributed by atoms with Crippen molar-refractivity contribution in [1.82, 2.24) is 10.3 Å². The van der Waals surface area contributed by atoms with E-state index in [-0.39, 0.29) is 24.0 Å². The summed E-state index contributed by atoms with van der Waals surface area (Å²) in [6, 6.07) is 5.72. The van der Waals surface area contributed by atoms with Crippen molar-refractivity contribution in [1.29, 1.82) is 0 Å². The molecule has 0 unspecified atom stereocenters. The van der Waals surface area contributed by atoms with Crippen molar-refractivity contribution in [2.24, 2.45) is 0 Å². The summed E-state index contributed by atoms with van der Waals surface area (Å²) in [5.41, 5.74) is 0. The van der Waals surface area contributed by atoms with Gasteiger partial charge in [0.05, 0.1) is 0 Å². The normalized spacial score (nSPS) is 9.43. The molecule has 0 radical (unpaired) electrons. The molecule has 0 aliphatic carbocycles. The second-order valence-corrected chi connectivity index (χ2v) is 5.31. The van der Waals surface area contributed by atoms with Crippen LogP contribution in [0.3, 0.4) is 0 Å². The predicted octanol–water partition coefficient (Wildman–Crippen LogP) is 5.83. The van der Waals surface area contributed by atoms with Gasteiger partial charge in [0.15, 0.2) is 0 Å². The molecule has 0 aromatic carbocycles. The zero-order valence-electron chi connectivity index (χ0n) is 14.0. The van der Waals surface area contributed by atoms with Crippen molar-refractivity contribution >= 4 is 24.0 Å². The first kappa shape index (κ1) is 23.1. The van der Waals surface area contributed by atoms with Crippen molar-refractivity contribution in [3.05, 3.63) is 30.6 Å². The summed E-state index contributed by atoms with van der Waals surface area (Å²) in [6.07, 6.45) is 17.8. The molecule has 1 aromatic rings. The fourth-order valence-electron chi connectivity index (χ4n) is 2.10. The topological polar surface area (TPSA) is 24.9 Å². The van der Waals surface area contributed by atoms with E-state index in [0.29, 0.717) is 0 Å². The van der Waals surface area contributed by atoms with Gasteiger partial charge in [-0.05, 0) is 32.1 Å². The van der Waals surface area contributed by atoms with Gasteiger partial charge in [-0.25, -0.2) is 0 Å². The number of nitrogens with zero attached hydrogens (tertiary/aromatic N) is 1. The van der Waals surface area contributed by atoms with Crippen LogP contribution in [-0.4, -0.2) is 18.6 Å². The highest BCUT2D eigenvalue weighted by Gasteiger charge is 1.91. The van der Waals surface area contributed by atoms with E-state index in [2.05, 4.69) is 17.2 Å². The van der Waals surface area contributed by atoms with Gasteiger partial charge < -0.3 is 5.32 Å². The Morgan fingerprint density at radius 3 is 1.52 bits per heavy atom. The van der Waals surface area contributed by atoms with Gasteiger partial charge in [0.25, 0.3) is 0 Å². The largest absolute Gasteiger partial charge is 0.320 e. The highest BCUT2D eigenvalue weighted by molar-refractivity contribution is 14.0. The Hall–Kier alpha value is -0.160. The molecule has 0 atom stereocenters. The highest BCUT2D eigenvalue weighted by Crippen LogP contribution is 2.09. The number of nitrogens with one attached hydrogen (secondary N) is 1. The smallest absolute Gasteiger partial charge is 0.0267 e. The first-order valence-corrected chi connectivity index (χ1v) is 8.41. The van der Waals surface area contributed by atoms with Crippen LogP contribution < -0.4 is 5.32 Å². The summed E-state index contributed by atoms with van der Waals surface area (Å²) in [7, 11) is 2.04. The zero-order chi connectivity index (χ0) is 14.7. The summed E-state index contributed by atoms with van der Waals surface area (Å²) >= 11 is 0. The number of hydrogen-bond acceptors (Lipinski definition) is 2. The summed E-state index contributed by atoms with van der Waals surface area (Å²) < 4.78 is 0. The average Bonchev–Trinajstić information content (AvgIpc) is 2.52. The van der Waals surface area contributed by atoms with Gasteiger partial charge in [0.2, 0.25) is 0 Å². The van der Waals surface area contributed by atoms with Crippen molar-refractivity contribution in [2.45, 2.75) is 71.1 Å². The second-order valence-electron chi connectivity index (χ2n) is 5.31. The summed E-state index contributed by atoms with van der Waals surface area (Å²) in [5, 5.41) is 3.19. The molecular formula is C18H35IN2. The van der Waals surface area contributed by atoms with Crippen LogP contribution >= 0.6 is 24.0 Å². The molecule has 0 aliphatic heterocycles. The molecule has 1 heterocycles. The van der Waals surface area contributed by atoms with Gasteiger partial charge in [-0.15, -0.1) is 24.0 Å². The van der Waals surface area contributed by atoms with Gasteiger partial charge in [-0.1, -0.05) is 70.8 Å². The van der Waals surface area contributed by atoms with Gasteiger partial charge in [0.1, 0.15) is 0 Å². The SMILES string of the molecule is CCCCCCCCCCCCNC.I.c1ccncc1. The number of halogens is 1. The quantitative estimate of drug-likeness (QED) is 0.370. The van der Waals surface area contributed by atoms with Gasteiger partial charge >= 0.3 is 0 Å². The summed E-state index contributed by atoms with van der Waals surface area (Å²) in [6.45, 7) is 3.47. The molecular weight excluding hydrogens is 371 g/mol. The lowest BCUT2D eigenvalue weighted by Gasteiger charge is -2.01. The number of aromatic nitrogens is 1. The van der Waals surface area contributed by atoms with E-state index in [1.165, 1.54) is 70.8 Å². The van der Waals surface area contributed by atoms with E-state index in [0.717, 1.165) is 0 Å². The number of hydrogen-bond donors (Lipinski definition) is 1. The Labute approximate surface area is 149 Å². The van der Waals surface area contributed by atoms with Gasteiger partial charge in [-0.3, -0.25) is 4.98 Å². The lowest BCUT2D eigenvalue weighted by atomic mass is 10.1. The van der Waals surface area contributed by atoms with Crippen LogP contribution in [0.25, 0.3) is 0 Å². The van der Waals surface area contributed by atoms with E-state index >= 15 is 0 Å². The van der Waals surface area contributed by atoms with Crippen LogP contribution in [0.5, 0.6) is 0 Å². The van der Waals surface area contributed by atoms with Crippen molar-refractivity contribution in [3.8, 4) is 0 Å². The maximum Gasteiger partial charge on any atom is 0.0267 e. The Morgan fingerprint density at radius 1 is 0.714 bits per heavy atom. The van der Waals surface area contributed by atoms with Gasteiger partial charge in [-0.2, -0.15) is 0 Å². The van der Waals surface area contributed by atoms with Crippen molar-refractivity contribution in [3.63, 3.8) is 0 Å². The molecule has 0 saturated heterocycles. The molecule has 3 heteroatoms. The zero-order valence-corrected chi connectivity index (χ0v) is 16.4. The van der Waals surface area contributed by atoms with E-state index in [1.807, 2.05) is 25.2 Å². The molecule has 0 spiro atoms. The molecule has 0 fully saturated rings. The minimum absolute atomic E-state index is 0. The molecule has 1 aromatic heterocycles. The van der Waals surface area contributed by atoms with Crippen LogP contribution in [0.4, 0.5) is 0 Å². The molecule has 21 heavy (non-hydrogen) atoms. The van der Waals surface area contributed by atoms with Crippen LogP contribution in [0.1, 0.15) is 71.1 Å². The maximum absolute atomic E-state index is 3.78. The van der Waals surface area contributed by atoms with E-state index in [4.69, 9.17) is 0 Å². The van der Waals surface area contributed by atoms with Gasteiger partial charge in [0, 0.05) is 12.4 Å². The first-order chi connectivity index (χ1) is 9.91. The molecule has 2 nitrogen and oxygen atoms in total. The minimum atomic E-state index is 0. The molecule has 1 rings (SSSR count). The average molecular weight is 406 g/mol. The van der Waals surface area contributed by atoms with E-state index in [9.17, 15) is 0 Å². The van der Waals surface area contributed by atoms with Crippen molar-refractivity contribution in [2.75, 3.05) is 13.6 Å². The predicted molar refractivity (Wildman–Crippen MR) is 105 cm³/mol. The Morgan fingerprint density at radius 2 is 1.19 bits per heavy atom. The fraction of sp³-hybridized carbons (Fsp3) is 0.722. The number of pyridine rings is 1.